The molecule has 1 saturated carbocycles. The number of aryl methyl sites for hydroxylation is 1. The number of ketones is 1. The van der Waals surface area contributed by atoms with E-state index in [0.29, 0.717) is 17.6 Å². The van der Waals surface area contributed by atoms with Crippen LogP contribution >= 0.6 is 0 Å². The molecule has 3 atom stereocenters. The summed E-state index contributed by atoms with van der Waals surface area (Å²) in [6, 6.07) is 8.79. The van der Waals surface area contributed by atoms with E-state index >= 15 is 0 Å². The van der Waals surface area contributed by atoms with Crippen molar-refractivity contribution in [2.45, 2.75) is 46.1 Å². The summed E-state index contributed by atoms with van der Waals surface area (Å²) in [7, 11) is 0. The van der Waals surface area contributed by atoms with E-state index in [1.807, 2.05) is 0 Å². The van der Waals surface area contributed by atoms with Gasteiger partial charge in [0, 0.05) is 25.4 Å². The molecular formula is C19H27NO. The molecule has 3 unspecified atom stereocenters. The van der Waals surface area contributed by atoms with Gasteiger partial charge in [-0.15, -0.1) is 0 Å². The zero-order chi connectivity index (χ0) is 14.8. The third-order valence-corrected chi connectivity index (χ3v) is 5.31. The van der Waals surface area contributed by atoms with Crippen LogP contribution in [-0.2, 0) is 17.8 Å². The maximum atomic E-state index is 12.4. The second kappa shape index (κ2) is 6.31. The van der Waals surface area contributed by atoms with Crippen molar-refractivity contribution < 1.29 is 4.79 Å². The van der Waals surface area contributed by atoms with Crippen LogP contribution < -0.4 is 0 Å². The third kappa shape index (κ3) is 3.37. The molecule has 3 rings (SSSR count). The number of hydrogen-bond donors (Lipinski definition) is 0. The van der Waals surface area contributed by atoms with Crippen LogP contribution in [0.1, 0.15) is 44.2 Å². The summed E-state index contributed by atoms with van der Waals surface area (Å²) in [4.78, 5) is 14.9. The van der Waals surface area contributed by atoms with Crippen molar-refractivity contribution in [1.29, 1.82) is 0 Å². The highest BCUT2D eigenvalue weighted by atomic mass is 16.1. The Balaban J connectivity index is 1.69. The Morgan fingerprint density at radius 1 is 1.19 bits per heavy atom. The molecule has 2 nitrogen and oxygen atoms in total. The Morgan fingerprint density at radius 3 is 2.71 bits per heavy atom. The van der Waals surface area contributed by atoms with E-state index < -0.39 is 0 Å². The number of carbonyl (C=O) groups excluding carboxylic acids is 1. The molecule has 1 aliphatic carbocycles. The predicted octanol–water partition coefficient (Wildman–Crippen LogP) is 3.69. The van der Waals surface area contributed by atoms with Gasteiger partial charge in [0.25, 0.3) is 0 Å². The zero-order valence-electron chi connectivity index (χ0n) is 13.3. The maximum Gasteiger partial charge on any atom is 0.137 e. The Morgan fingerprint density at radius 2 is 1.95 bits per heavy atom. The lowest BCUT2D eigenvalue weighted by atomic mass is 9.74. The highest BCUT2D eigenvalue weighted by molar-refractivity contribution is 5.82. The molecule has 0 saturated heterocycles. The number of Topliss-reactive ketones (excluding diaryl/α,β-unsaturated/α-hetero) is 1. The molecule has 0 radical (unpaired) electrons. The van der Waals surface area contributed by atoms with Crippen molar-refractivity contribution >= 4 is 5.78 Å². The van der Waals surface area contributed by atoms with Crippen LogP contribution in [0.15, 0.2) is 24.3 Å². The van der Waals surface area contributed by atoms with Gasteiger partial charge in [0.05, 0.1) is 0 Å². The topological polar surface area (TPSA) is 20.3 Å². The molecule has 0 N–H and O–H groups in total. The van der Waals surface area contributed by atoms with Crippen molar-refractivity contribution in [3.05, 3.63) is 35.4 Å². The van der Waals surface area contributed by atoms with Gasteiger partial charge in [-0.25, -0.2) is 0 Å². The largest absolute Gasteiger partial charge is 0.299 e. The highest BCUT2D eigenvalue weighted by Gasteiger charge is 2.33. The van der Waals surface area contributed by atoms with E-state index in [1.165, 1.54) is 30.4 Å². The molecule has 1 aromatic rings. The number of hydrogen-bond acceptors (Lipinski definition) is 2. The van der Waals surface area contributed by atoms with Crippen LogP contribution in [-0.4, -0.2) is 23.8 Å². The summed E-state index contributed by atoms with van der Waals surface area (Å²) in [6.07, 6.45) is 4.39. The van der Waals surface area contributed by atoms with E-state index in [-0.39, 0.29) is 5.92 Å². The first kappa shape index (κ1) is 14.8. The van der Waals surface area contributed by atoms with E-state index in [0.717, 1.165) is 26.1 Å². The molecule has 1 aromatic carbocycles. The Labute approximate surface area is 128 Å². The van der Waals surface area contributed by atoms with Crippen LogP contribution in [0.4, 0.5) is 0 Å². The molecule has 0 spiro atoms. The van der Waals surface area contributed by atoms with Crippen molar-refractivity contribution in [2.24, 2.45) is 17.8 Å². The van der Waals surface area contributed by atoms with Gasteiger partial charge in [-0.05, 0) is 48.8 Å². The lowest BCUT2D eigenvalue weighted by Crippen LogP contribution is -2.40. The summed E-state index contributed by atoms with van der Waals surface area (Å²) in [6.45, 7) is 7.58. The second-order valence-corrected chi connectivity index (χ2v) is 7.20. The minimum atomic E-state index is 0.256. The molecule has 0 bridgehead atoms. The lowest BCUT2D eigenvalue weighted by Gasteiger charge is -2.35. The van der Waals surface area contributed by atoms with Crippen LogP contribution in [0.3, 0.4) is 0 Å². The van der Waals surface area contributed by atoms with E-state index in [2.05, 4.69) is 43.0 Å². The van der Waals surface area contributed by atoms with Crippen molar-refractivity contribution in [3.8, 4) is 0 Å². The smallest absolute Gasteiger partial charge is 0.137 e. The first-order valence-corrected chi connectivity index (χ1v) is 8.45. The molecule has 0 amide bonds. The summed E-state index contributed by atoms with van der Waals surface area (Å²) in [5.74, 6) is 1.87. The minimum Gasteiger partial charge on any atom is -0.299 e. The first-order chi connectivity index (χ1) is 10.1. The van der Waals surface area contributed by atoms with Gasteiger partial charge >= 0.3 is 0 Å². The van der Waals surface area contributed by atoms with Crippen LogP contribution in [0.25, 0.3) is 0 Å². The Hall–Kier alpha value is -1.15. The van der Waals surface area contributed by atoms with Crippen LogP contribution in [0.5, 0.6) is 0 Å². The molecule has 0 aromatic heterocycles. The fourth-order valence-corrected chi connectivity index (χ4v) is 4.18. The SMILES string of the molecule is CC1CC(=O)C(CN2CCCc3ccccc3C2)C(C)C1. The van der Waals surface area contributed by atoms with Crippen molar-refractivity contribution in [1.82, 2.24) is 4.90 Å². The van der Waals surface area contributed by atoms with Crippen molar-refractivity contribution in [3.63, 3.8) is 0 Å². The summed E-state index contributed by atoms with van der Waals surface area (Å²) >= 11 is 0. The maximum absolute atomic E-state index is 12.4. The van der Waals surface area contributed by atoms with Gasteiger partial charge in [-0.3, -0.25) is 9.69 Å². The van der Waals surface area contributed by atoms with Crippen LogP contribution in [0.2, 0.25) is 0 Å². The van der Waals surface area contributed by atoms with Gasteiger partial charge in [0.2, 0.25) is 0 Å². The number of rotatable bonds is 2. The van der Waals surface area contributed by atoms with E-state index in [9.17, 15) is 4.79 Å². The molecule has 2 aliphatic rings. The molecule has 1 fully saturated rings. The molecule has 1 heterocycles. The molecule has 2 heteroatoms. The summed E-state index contributed by atoms with van der Waals surface area (Å²) < 4.78 is 0. The van der Waals surface area contributed by atoms with Crippen LogP contribution in [0, 0.1) is 17.8 Å². The minimum absolute atomic E-state index is 0.256. The first-order valence-electron chi connectivity index (χ1n) is 8.45. The van der Waals surface area contributed by atoms with Crippen molar-refractivity contribution in [2.75, 3.05) is 13.1 Å². The molecule has 1 aliphatic heterocycles. The summed E-state index contributed by atoms with van der Waals surface area (Å²) in [5, 5.41) is 0. The fraction of sp³-hybridized carbons (Fsp3) is 0.632. The average molecular weight is 285 g/mol. The van der Waals surface area contributed by atoms with Gasteiger partial charge < -0.3 is 0 Å². The normalized spacial score (nSPS) is 30.8. The molecule has 114 valence electrons. The zero-order valence-corrected chi connectivity index (χ0v) is 13.3. The average Bonchev–Trinajstić information content (AvgIpc) is 2.64. The van der Waals surface area contributed by atoms with Gasteiger partial charge in [0.15, 0.2) is 0 Å². The van der Waals surface area contributed by atoms with Gasteiger partial charge in [0.1, 0.15) is 5.78 Å². The lowest BCUT2D eigenvalue weighted by molar-refractivity contribution is -0.128. The number of benzene rings is 1. The Kier molecular flexibility index (Phi) is 4.44. The molecular weight excluding hydrogens is 258 g/mol. The second-order valence-electron chi connectivity index (χ2n) is 7.20. The van der Waals surface area contributed by atoms with Gasteiger partial charge in [-0.2, -0.15) is 0 Å². The van der Waals surface area contributed by atoms with E-state index in [1.54, 1.807) is 0 Å². The van der Waals surface area contributed by atoms with E-state index in [4.69, 9.17) is 0 Å². The van der Waals surface area contributed by atoms with Gasteiger partial charge in [-0.1, -0.05) is 38.1 Å². The fourth-order valence-electron chi connectivity index (χ4n) is 4.18. The highest BCUT2D eigenvalue weighted by Crippen LogP contribution is 2.32. The molecule has 21 heavy (non-hydrogen) atoms. The number of fused-ring (bicyclic) bond motifs is 1. The summed E-state index contributed by atoms with van der Waals surface area (Å²) in [5.41, 5.74) is 2.95. The standard InChI is InChI=1S/C19H27NO/c1-14-10-15(2)18(19(21)11-14)13-20-9-5-8-16-6-3-4-7-17(16)12-20/h3-4,6-7,14-15,18H,5,8-13H2,1-2H3. The number of carbonyl (C=O) groups is 1. The third-order valence-electron chi connectivity index (χ3n) is 5.31. The predicted molar refractivity (Wildman–Crippen MR) is 86.1 cm³/mol. The Bertz CT molecular complexity index is 510. The monoisotopic (exact) mass is 285 g/mol. The quantitative estimate of drug-likeness (QED) is 0.826. The number of nitrogens with zero attached hydrogens (tertiary/aromatic N) is 1.